The lowest BCUT2D eigenvalue weighted by molar-refractivity contribution is 0.0787. The molecule has 0 saturated heterocycles. The highest BCUT2D eigenvalue weighted by Crippen LogP contribution is 2.22. The SMILES string of the molecule is Cc1oc(C)c(C(=O)N(C)CCC(N)C(C)C)c1C. The molecule has 1 amide bonds. The third-order valence-corrected chi connectivity index (χ3v) is 3.78. The van der Waals surface area contributed by atoms with Gasteiger partial charge in [0.15, 0.2) is 0 Å². The van der Waals surface area contributed by atoms with E-state index < -0.39 is 0 Å². The zero-order chi connectivity index (χ0) is 14.7. The summed E-state index contributed by atoms with van der Waals surface area (Å²) in [5, 5.41) is 0. The van der Waals surface area contributed by atoms with Crippen LogP contribution in [0.25, 0.3) is 0 Å². The molecule has 1 atom stereocenters. The van der Waals surface area contributed by atoms with Crippen molar-refractivity contribution in [1.29, 1.82) is 0 Å². The Bertz CT molecular complexity index is 449. The summed E-state index contributed by atoms with van der Waals surface area (Å²) >= 11 is 0. The first-order chi connectivity index (χ1) is 8.75. The Morgan fingerprint density at radius 1 is 1.26 bits per heavy atom. The fraction of sp³-hybridized carbons (Fsp3) is 0.667. The minimum Gasteiger partial charge on any atom is -0.466 e. The van der Waals surface area contributed by atoms with Gasteiger partial charge < -0.3 is 15.1 Å². The number of hydrogen-bond acceptors (Lipinski definition) is 3. The Labute approximate surface area is 116 Å². The van der Waals surface area contributed by atoms with Gasteiger partial charge in [0.05, 0.1) is 5.56 Å². The molecular weight excluding hydrogens is 240 g/mol. The Balaban J connectivity index is 2.72. The average Bonchev–Trinajstić information content (AvgIpc) is 2.58. The largest absolute Gasteiger partial charge is 0.466 e. The van der Waals surface area contributed by atoms with Crippen molar-refractivity contribution in [3.63, 3.8) is 0 Å². The van der Waals surface area contributed by atoms with Crippen LogP contribution in [0.3, 0.4) is 0 Å². The van der Waals surface area contributed by atoms with Crippen LogP contribution < -0.4 is 5.73 Å². The van der Waals surface area contributed by atoms with E-state index in [0.29, 0.717) is 23.8 Å². The predicted octanol–water partition coefficient (Wildman–Crippen LogP) is 2.65. The molecule has 19 heavy (non-hydrogen) atoms. The maximum atomic E-state index is 12.4. The summed E-state index contributed by atoms with van der Waals surface area (Å²) in [6.07, 6.45) is 0.814. The first-order valence-corrected chi connectivity index (χ1v) is 6.83. The molecule has 1 aromatic rings. The van der Waals surface area contributed by atoms with Crippen LogP contribution in [0, 0.1) is 26.7 Å². The summed E-state index contributed by atoms with van der Waals surface area (Å²) in [4.78, 5) is 14.1. The zero-order valence-corrected chi connectivity index (χ0v) is 12.9. The van der Waals surface area contributed by atoms with Crippen LogP contribution >= 0.6 is 0 Å². The topological polar surface area (TPSA) is 59.5 Å². The quantitative estimate of drug-likeness (QED) is 0.891. The first kappa shape index (κ1) is 15.8. The van der Waals surface area contributed by atoms with Crippen molar-refractivity contribution < 1.29 is 9.21 Å². The van der Waals surface area contributed by atoms with Gasteiger partial charge in [0.1, 0.15) is 11.5 Å². The van der Waals surface area contributed by atoms with Crippen LogP contribution in [0.2, 0.25) is 0 Å². The smallest absolute Gasteiger partial charge is 0.257 e. The van der Waals surface area contributed by atoms with E-state index in [-0.39, 0.29) is 11.9 Å². The van der Waals surface area contributed by atoms with Crippen LogP contribution in [0.5, 0.6) is 0 Å². The maximum absolute atomic E-state index is 12.4. The predicted molar refractivity (Wildman–Crippen MR) is 77.3 cm³/mol. The van der Waals surface area contributed by atoms with E-state index in [2.05, 4.69) is 13.8 Å². The van der Waals surface area contributed by atoms with Gasteiger partial charge in [0.25, 0.3) is 5.91 Å². The van der Waals surface area contributed by atoms with Crippen molar-refractivity contribution in [2.75, 3.05) is 13.6 Å². The lowest BCUT2D eigenvalue weighted by Gasteiger charge is -2.21. The number of carbonyl (C=O) groups excluding carboxylic acids is 1. The van der Waals surface area contributed by atoms with Gasteiger partial charge in [0.2, 0.25) is 0 Å². The van der Waals surface area contributed by atoms with E-state index in [1.165, 1.54) is 0 Å². The Hall–Kier alpha value is -1.29. The van der Waals surface area contributed by atoms with Crippen LogP contribution in [-0.2, 0) is 0 Å². The van der Waals surface area contributed by atoms with Crippen molar-refractivity contribution >= 4 is 5.91 Å². The first-order valence-electron chi connectivity index (χ1n) is 6.83. The molecule has 108 valence electrons. The van der Waals surface area contributed by atoms with Gasteiger partial charge in [-0.15, -0.1) is 0 Å². The van der Waals surface area contributed by atoms with E-state index in [1.807, 2.05) is 27.8 Å². The molecule has 0 aliphatic heterocycles. The van der Waals surface area contributed by atoms with Crippen LogP contribution in [0.1, 0.15) is 47.7 Å². The van der Waals surface area contributed by atoms with Crippen molar-refractivity contribution in [2.24, 2.45) is 11.7 Å². The van der Waals surface area contributed by atoms with Crippen molar-refractivity contribution in [1.82, 2.24) is 4.90 Å². The van der Waals surface area contributed by atoms with E-state index in [1.54, 1.807) is 4.90 Å². The standard InChI is InChI=1S/C15H26N2O2/c1-9(2)13(16)7-8-17(6)15(18)14-10(3)11(4)19-12(14)5/h9,13H,7-8,16H2,1-6H3. The number of aryl methyl sites for hydroxylation is 2. The Kier molecular flexibility index (Phi) is 5.18. The summed E-state index contributed by atoms with van der Waals surface area (Å²) in [6.45, 7) is 10.5. The molecule has 0 spiro atoms. The van der Waals surface area contributed by atoms with Crippen LogP contribution in [0.15, 0.2) is 4.42 Å². The van der Waals surface area contributed by atoms with E-state index in [9.17, 15) is 4.79 Å². The number of amides is 1. The second-order valence-corrected chi connectivity index (χ2v) is 5.64. The van der Waals surface area contributed by atoms with Crippen molar-refractivity contribution in [3.8, 4) is 0 Å². The van der Waals surface area contributed by atoms with Crippen molar-refractivity contribution in [3.05, 3.63) is 22.6 Å². The third-order valence-electron chi connectivity index (χ3n) is 3.78. The number of nitrogens with zero attached hydrogens (tertiary/aromatic N) is 1. The van der Waals surface area contributed by atoms with Crippen molar-refractivity contribution in [2.45, 2.75) is 47.1 Å². The van der Waals surface area contributed by atoms with E-state index in [0.717, 1.165) is 17.7 Å². The number of furan rings is 1. The second kappa shape index (κ2) is 6.24. The highest BCUT2D eigenvalue weighted by Gasteiger charge is 2.22. The molecule has 0 aliphatic rings. The summed E-state index contributed by atoms with van der Waals surface area (Å²) in [5.41, 5.74) is 7.64. The minimum absolute atomic E-state index is 0.0165. The fourth-order valence-corrected chi connectivity index (χ4v) is 2.08. The number of carbonyl (C=O) groups is 1. The zero-order valence-electron chi connectivity index (χ0n) is 12.9. The van der Waals surface area contributed by atoms with Gasteiger partial charge in [-0.2, -0.15) is 0 Å². The molecule has 0 radical (unpaired) electrons. The van der Waals surface area contributed by atoms with Gasteiger partial charge in [0, 0.05) is 25.2 Å². The Morgan fingerprint density at radius 2 is 1.84 bits per heavy atom. The van der Waals surface area contributed by atoms with Gasteiger partial charge in [-0.05, 0) is 33.1 Å². The molecule has 1 rings (SSSR count). The highest BCUT2D eigenvalue weighted by molar-refractivity contribution is 5.96. The molecule has 0 bridgehead atoms. The van der Waals surface area contributed by atoms with E-state index >= 15 is 0 Å². The van der Waals surface area contributed by atoms with Gasteiger partial charge in [-0.25, -0.2) is 0 Å². The lowest BCUT2D eigenvalue weighted by atomic mass is 10.0. The molecule has 0 saturated carbocycles. The summed E-state index contributed by atoms with van der Waals surface area (Å²) in [6, 6.07) is 0.128. The third kappa shape index (κ3) is 3.60. The average molecular weight is 266 g/mol. The molecule has 4 nitrogen and oxygen atoms in total. The van der Waals surface area contributed by atoms with Gasteiger partial charge in [-0.1, -0.05) is 13.8 Å². The molecule has 4 heteroatoms. The normalized spacial score (nSPS) is 12.8. The van der Waals surface area contributed by atoms with Gasteiger partial charge >= 0.3 is 0 Å². The van der Waals surface area contributed by atoms with Gasteiger partial charge in [-0.3, -0.25) is 4.79 Å². The second-order valence-electron chi connectivity index (χ2n) is 5.64. The molecular formula is C15H26N2O2. The summed E-state index contributed by atoms with van der Waals surface area (Å²) in [5.74, 6) is 1.96. The maximum Gasteiger partial charge on any atom is 0.257 e. The lowest BCUT2D eigenvalue weighted by Crippen LogP contribution is -2.35. The number of hydrogen-bond donors (Lipinski definition) is 1. The molecule has 1 unspecified atom stereocenters. The summed E-state index contributed by atoms with van der Waals surface area (Å²) in [7, 11) is 1.82. The minimum atomic E-state index is 0.0165. The summed E-state index contributed by atoms with van der Waals surface area (Å²) < 4.78 is 5.51. The van der Waals surface area contributed by atoms with E-state index in [4.69, 9.17) is 10.2 Å². The molecule has 0 aliphatic carbocycles. The monoisotopic (exact) mass is 266 g/mol. The molecule has 2 N–H and O–H groups in total. The fourth-order valence-electron chi connectivity index (χ4n) is 2.08. The highest BCUT2D eigenvalue weighted by atomic mass is 16.3. The van der Waals surface area contributed by atoms with Crippen LogP contribution in [0.4, 0.5) is 0 Å². The molecule has 0 aromatic carbocycles. The number of rotatable bonds is 5. The molecule has 0 fully saturated rings. The van der Waals surface area contributed by atoms with Crippen LogP contribution in [-0.4, -0.2) is 30.4 Å². The molecule has 1 heterocycles. The molecule has 1 aromatic heterocycles. The number of nitrogens with two attached hydrogens (primary N) is 1. The Morgan fingerprint density at radius 3 is 2.26 bits per heavy atom.